The predicted molar refractivity (Wildman–Crippen MR) is 64.9 cm³/mol. The maximum Gasteiger partial charge on any atom is 0.141 e. The van der Waals surface area contributed by atoms with Crippen LogP contribution in [0.25, 0.3) is 0 Å². The molecule has 1 aliphatic carbocycles. The molecule has 0 saturated carbocycles. The van der Waals surface area contributed by atoms with E-state index in [0.29, 0.717) is 5.69 Å². The second-order valence-corrected chi connectivity index (χ2v) is 4.54. The molecule has 1 unspecified atom stereocenters. The third-order valence-corrected chi connectivity index (χ3v) is 3.21. The molecule has 1 aliphatic rings. The lowest BCUT2D eigenvalue weighted by Gasteiger charge is -2.17. The normalized spacial score (nSPS) is 22.1. The van der Waals surface area contributed by atoms with Crippen LogP contribution in [0, 0.1) is 5.82 Å². The second kappa shape index (κ2) is 5.92. The molecule has 3 heteroatoms. The second-order valence-electron chi connectivity index (χ2n) is 4.54. The highest BCUT2D eigenvalue weighted by Gasteiger charge is 2.15. The van der Waals surface area contributed by atoms with Gasteiger partial charge in [0.1, 0.15) is 11.9 Å². The minimum atomic E-state index is -0.673. The molecule has 0 radical (unpaired) electrons. The Labute approximate surface area is 101 Å². The van der Waals surface area contributed by atoms with Crippen LogP contribution in [-0.2, 0) is 0 Å². The molecular formula is C14H18FNO. The van der Waals surface area contributed by atoms with E-state index in [1.807, 2.05) is 0 Å². The molecule has 0 aliphatic heterocycles. The van der Waals surface area contributed by atoms with Gasteiger partial charge in [-0.2, -0.15) is 0 Å². The minimum Gasteiger partial charge on any atom is -0.382 e. The molecular weight excluding hydrogens is 217 g/mol. The number of aliphatic hydroxyl groups is 1. The number of aromatic nitrogens is 1. The van der Waals surface area contributed by atoms with Crippen LogP contribution >= 0.6 is 0 Å². The van der Waals surface area contributed by atoms with Crippen molar-refractivity contribution in [3.8, 4) is 0 Å². The van der Waals surface area contributed by atoms with Gasteiger partial charge in [0.15, 0.2) is 0 Å². The van der Waals surface area contributed by atoms with Crippen LogP contribution < -0.4 is 0 Å². The Bertz CT molecular complexity index is 386. The van der Waals surface area contributed by atoms with Crippen molar-refractivity contribution in [2.45, 2.75) is 44.6 Å². The van der Waals surface area contributed by atoms with E-state index in [2.05, 4.69) is 11.1 Å². The predicted octanol–water partition coefficient (Wildman–Crippen LogP) is 3.53. The van der Waals surface area contributed by atoms with Gasteiger partial charge < -0.3 is 5.11 Å². The third kappa shape index (κ3) is 3.37. The number of allylic oxidation sites excluding steroid dienone is 1. The number of hydrogen-bond donors (Lipinski definition) is 1. The first-order valence-corrected chi connectivity index (χ1v) is 6.26. The molecule has 2 nitrogen and oxygen atoms in total. The van der Waals surface area contributed by atoms with Crippen molar-refractivity contribution in [2.24, 2.45) is 0 Å². The number of nitrogens with zero attached hydrogens (tertiary/aromatic N) is 1. The van der Waals surface area contributed by atoms with Crippen LogP contribution in [0.4, 0.5) is 4.39 Å². The molecule has 1 N–H and O–H groups in total. The lowest BCUT2D eigenvalue weighted by atomic mass is 9.95. The quantitative estimate of drug-likeness (QED) is 0.795. The minimum absolute atomic E-state index is 0.368. The maximum atomic E-state index is 12.8. The average Bonchev–Trinajstić information content (AvgIpc) is 2.29. The topological polar surface area (TPSA) is 33.1 Å². The summed E-state index contributed by atoms with van der Waals surface area (Å²) in [5.41, 5.74) is 1.57. The van der Waals surface area contributed by atoms with E-state index >= 15 is 0 Å². The van der Waals surface area contributed by atoms with Gasteiger partial charge in [-0.1, -0.05) is 18.9 Å². The first kappa shape index (κ1) is 12.2. The number of aliphatic hydroxyl groups excluding tert-OH is 1. The first-order chi connectivity index (χ1) is 8.27. The van der Waals surface area contributed by atoms with Gasteiger partial charge in [-0.25, -0.2) is 4.39 Å². The smallest absolute Gasteiger partial charge is 0.141 e. The van der Waals surface area contributed by atoms with Crippen LogP contribution in [0.15, 0.2) is 30.0 Å². The summed E-state index contributed by atoms with van der Waals surface area (Å²) in [6.45, 7) is 0. The van der Waals surface area contributed by atoms with Gasteiger partial charge in [0.05, 0.1) is 11.9 Å². The van der Waals surface area contributed by atoms with E-state index < -0.39 is 6.10 Å². The lowest BCUT2D eigenvalue weighted by Crippen LogP contribution is -2.05. The highest BCUT2D eigenvalue weighted by molar-refractivity contribution is 5.20. The zero-order valence-electron chi connectivity index (χ0n) is 9.90. The fourth-order valence-electron chi connectivity index (χ4n) is 2.20. The fourth-order valence-corrected chi connectivity index (χ4v) is 2.20. The fraction of sp³-hybridized carbons (Fsp3) is 0.500. The maximum absolute atomic E-state index is 12.8. The van der Waals surface area contributed by atoms with Gasteiger partial charge in [0.25, 0.3) is 0 Å². The molecule has 0 spiro atoms. The standard InChI is InChI=1S/C14H18FNO/c15-12-8-9-13(16-10-12)14(17)11-6-4-2-1-3-5-7-11/h6,8-10,14,17H,1-5,7H2/b11-6+. The van der Waals surface area contributed by atoms with E-state index in [0.717, 1.165) is 31.0 Å². The Hall–Kier alpha value is -1.22. The zero-order valence-corrected chi connectivity index (χ0v) is 9.90. The van der Waals surface area contributed by atoms with E-state index in [9.17, 15) is 9.50 Å². The van der Waals surface area contributed by atoms with E-state index in [4.69, 9.17) is 0 Å². The molecule has 1 aromatic rings. The molecule has 92 valence electrons. The monoisotopic (exact) mass is 235 g/mol. The summed E-state index contributed by atoms with van der Waals surface area (Å²) in [6, 6.07) is 2.90. The van der Waals surface area contributed by atoms with Crippen LogP contribution in [0.3, 0.4) is 0 Å². The molecule has 2 rings (SSSR count). The van der Waals surface area contributed by atoms with Crippen molar-refractivity contribution in [1.29, 1.82) is 0 Å². The summed E-state index contributed by atoms with van der Waals surface area (Å²) in [4.78, 5) is 3.94. The summed E-state index contributed by atoms with van der Waals surface area (Å²) in [6.07, 6.45) is 9.34. The van der Waals surface area contributed by atoms with Gasteiger partial charge in [0.2, 0.25) is 0 Å². The Kier molecular flexibility index (Phi) is 4.26. The lowest BCUT2D eigenvalue weighted by molar-refractivity contribution is 0.204. The van der Waals surface area contributed by atoms with Gasteiger partial charge in [0, 0.05) is 0 Å². The zero-order chi connectivity index (χ0) is 12.1. The van der Waals surface area contributed by atoms with Crippen molar-refractivity contribution < 1.29 is 9.50 Å². The van der Waals surface area contributed by atoms with Crippen LogP contribution in [0.1, 0.15) is 50.3 Å². The summed E-state index contributed by atoms with van der Waals surface area (Å²) in [5.74, 6) is -0.368. The summed E-state index contributed by atoms with van der Waals surface area (Å²) in [7, 11) is 0. The van der Waals surface area contributed by atoms with Crippen molar-refractivity contribution >= 4 is 0 Å². The molecule has 0 fully saturated rings. The SMILES string of the molecule is OC(/C1=C/CCCCCC1)c1ccc(F)cn1. The highest BCUT2D eigenvalue weighted by atomic mass is 19.1. The van der Waals surface area contributed by atoms with Crippen LogP contribution in [-0.4, -0.2) is 10.1 Å². The molecule has 1 atom stereocenters. The number of pyridine rings is 1. The van der Waals surface area contributed by atoms with Gasteiger partial charge in [-0.05, 0) is 43.4 Å². The molecule has 0 saturated heterocycles. The largest absolute Gasteiger partial charge is 0.382 e. The molecule has 1 heterocycles. The highest BCUT2D eigenvalue weighted by Crippen LogP contribution is 2.27. The molecule has 0 aromatic carbocycles. The van der Waals surface area contributed by atoms with E-state index in [-0.39, 0.29) is 5.82 Å². The number of halogens is 1. The van der Waals surface area contributed by atoms with Crippen molar-refractivity contribution in [3.05, 3.63) is 41.5 Å². The third-order valence-electron chi connectivity index (χ3n) is 3.21. The number of rotatable bonds is 2. The van der Waals surface area contributed by atoms with Crippen molar-refractivity contribution in [3.63, 3.8) is 0 Å². The Morgan fingerprint density at radius 2 is 2.00 bits per heavy atom. The summed E-state index contributed by atoms with van der Waals surface area (Å²) < 4.78 is 12.8. The molecule has 1 aromatic heterocycles. The Morgan fingerprint density at radius 3 is 2.76 bits per heavy atom. The molecule has 0 amide bonds. The average molecular weight is 235 g/mol. The number of hydrogen-bond acceptors (Lipinski definition) is 2. The molecule has 0 bridgehead atoms. The van der Waals surface area contributed by atoms with E-state index in [1.165, 1.54) is 25.3 Å². The summed E-state index contributed by atoms with van der Waals surface area (Å²) >= 11 is 0. The Morgan fingerprint density at radius 1 is 1.18 bits per heavy atom. The van der Waals surface area contributed by atoms with Crippen molar-refractivity contribution in [1.82, 2.24) is 4.98 Å². The van der Waals surface area contributed by atoms with Gasteiger partial charge in [-0.3, -0.25) is 4.98 Å². The van der Waals surface area contributed by atoms with Crippen molar-refractivity contribution in [2.75, 3.05) is 0 Å². The Balaban J connectivity index is 2.11. The molecule has 17 heavy (non-hydrogen) atoms. The van der Waals surface area contributed by atoms with Gasteiger partial charge in [-0.15, -0.1) is 0 Å². The van der Waals surface area contributed by atoms with Crippen LogP contribution in [0.2, 0.25) is 0 Å². The van der Waals surface area contributed by atoms with Gasteiger partial charge >= 0.3 is 0 Å². The summed E-state index contributed by atoms with van der Waals surface area (Å²) in [5, 5.41) is 10.2. The van der Waals surface area contributed by atoms with Crippen LogP contribution in [0.5, 0.6) is 0 Å². The first-order valence-electron chi connectivity index (χ1n) is 6.26. The van der Waals surface area contributed by atoms with E-state index in [1.54, 1.807) is 6.07 Å².